The first-order valence-corrected chi connectivity index (χ1v) is 8.21. The molecule has 1 aliphatic heterocycles. The molecule has 1 saturated carbocycles. The van der Waals surface area contributed by atoms with Crippen LogP contribution >= 0.6 is 0 Å². The highest BCUT2D eigenvalue weighted by Gasteiger charge is 2.24. The highest BCUT2D eigenvalue weighted by atomic mass is 16.3. The largest absolute Gasteiger partial charge is 0.391 e. The number of nitrogens with one attached hydrogen (secondary N) is 2. The summed E-state index contributed by atoms with van der Waals surface area (Å²) in [4.78, 5) is 8.87. The summed E-state index contributed by atoms with van der Waals surface area (Å²) in [6.07, 6.45) is 6.87. The van der Waals surface area contributed by atoms with E-state index in [1.54, 1.807) is 6.20 Å². The van der Waals surface area contributed by atoms with Crippen molar-refractivity contribution in [2.75, 3.05) is 0 Å². The average molecular weight is 323 g/mol. The summed E-state index contributed by atoms with van der Waals surface area (Å²) in [5.74, 6) is 0.560. The number of aliphatic imine (C=N–C) groups is 1. The molecule has 1 fully saturated rings. The van der Waals surface area contributed by atoms with Crippen LogP contribution < -0.4 is 10.6 Å². The first-order chi connectivity index (χ1) is 11.7. The summed E-state index contributed by atoms with van der Waals surface area (Å²) in [6, 6.07) is 7.61. The van der Waals surface area contributed by atoms with Crippen LogP contribution in [0.1, 0.15) is 38.3 Å². The van der Waals surface area contributed by atoms with Crippen molar-refractivity contribution in [2.45, 2.75) is 44.8 Å². The van der Waals surface area contributed by atoms with Crippen LogP contribution in [0, 0.1) is 11.3 Å². The van der Waals surface area contributed by atoms with Gasteiger partial charge in [-0.2, -0.15) is 5.26 Å². The lowest BCUT2D eigenvalue weighted by Crippen LogP contribution is -2.41. The second kappa shape index (κ2) is 7.28. The minimum atomic E-state index is -0.402. The molecule has 1 aromatic rings. The second-order valence-electron chi connectivity index (χ2n) is 6.07. The molecule has 0 unspecified atom stereocenters. The number of rotatable bonds is 2. The molecule has 124 valence electrons. The lowest BCUT2D eigenvalue weighted by molar-refractivity contribution is 0.109. The molecule has 3 N–H and O–H groups in total. The summed E-state index contributed by atoms with van der Waals surface area (Å²) in [5.41, 5.74) is 2.69. The molecule has 0 saturated heterocycles. The number of hydrogen-bond donors (Lipinski definition) is 3. The highest BCUT2D eigenvalue weighted by Crippen LogP contribution is 2.23. The maximum atomic E-state index is 10.1. The zero-order valence-electron chi connectivity index (χ0n) is 13.7. The quantitative estimate of drug-likeness (QED) is 0.725. The van der Waals surface area contributed by atoms with E-state index < -0.39 is 6.10 Å². The van der Waals surface area contributed by atoms with E-state index in [0.717, 1.165) is 31.3 Å². The number of aromatic nitrogens is 1. The molecule has 0 bridgehead atoms. The Hall–Kier alpha value is -2.65. The van der Waals surface area contributed by atoms with Gasteiger partial charge in [-0.05, 0) is 37.5 Å². The van der Waals surface area contributed by atoms with E-state index in [-0.39, 0.29) is 6.04 Å². The third-order valence-electron chi connectivity index (χ3n) is 4.33. The molecule has 6 heteroatoms. The molecule has 6 nitrogen and oxygen atoms in total. The summed E-state index contributed by atoms with van der Waals surface area (Å²) >= 11 is 0. The summed E-state index contributed by atoms with van der Waals surface area (Å²) in [7, 11) is 0. The van der Waals surface area contributed by atoms with Gasteiger partial charge in [-0.3, -0.25) is 4.98 Å². The van der Waals surface area contributed by atoms with Gasteiger partial charge in [0.05, 0.1) is 23.5 Å². The van der Waals surface area contributed by atoms with Gasteiger partial charge in [0.15, 0.2) is 5.96 Å². The Balaban J connectivity index is 1.92. The third-order valence-corrected chi connectivity index (χ3v) is 4.33. The van der Waals surface area contributed by atoms with Gasteiger partial charge in [0.2, 0.25) is 0 Å². The third kappa shape index (κ3) is 3.47. The molecule has 24 heavy (non-hydrogen) atoms. The minimum absolute atomic E-state index is 0.109. The molecule has 1 aromatic heterocycles. The molecular formula is C18H21N5O. The molecule has 2 atom stereocenters. The van der Waals surface area contributed by atoms with Crippen molar-refractivity contribution in [1.82, 2.24) is 15.6 Å². The Morgan fingerprint density at radius 2 is 2.21 bits per heavy atom. The lowest BCUT2D eigenvalue weighted by atomic mass is 9.93. The van der Waals surface area contributed by atoms with Crippen LogP contribution in [0.4, 0.5) is 0 Å². The van der Waals surface area contributed by atoms with Gasteiger partial charge in [0.25, 0.3) is 0 Å². The lowest BCUT2D eigenvalue weighted by Gasteiger charge is -2.27. The maximum absolute atomic E-state index is 10.1. The van der Waals surface area contributed by atoms with Crippen molar-refractivity contribution in [1.29, 1.82) is 5.26 Å². The maximum Gasteiger partial charge on any atom is 0.200 e. The van der Waals surface area contributed by atoms with Gasteiger partial charge in [-0.25, -0.2) is 4.99 Å². The molecule has 0 radical (unpaired) electrons. The minimum Gasteiger partial charge on any atom is -0.391 e. The number of hydrogen-bond acceptors (Lipinski definition) is 4. The topological polar surface area (TPSA) is 93.3 Å². The van der Waals surface area contributed by atoms with Gasteiger partial charge >= 0.3 is 0 Å². The van der Waals surface area contributed by atoms with Crippen molar-refractivity contribution in [2.24, 2.45) is 4.99 Å². The number of nitrogens with zero attached hydrogens (tertiary/aromatic N) is 3. The van der Waals surface area contributed by atoms with Gasteiger partial charge in [-0.1, -0.05) is 18.9 Å². The van der Waals surface area contributed by atoms with Gasteiger partial charge in [0, 0.05) is 12.4 Å². The highest BCUT2D eigenvalue weighted by molar-refractivity contribution is 5.91. The standard InChI is InChI=1S/C18H21N5O/c1-12-11-21-18(22-15-7-2-3-8-16(15)24)23-17(12)13(10-19)14-6-4-5-9-20-14/h4-6,9,11,15-16,24H,2-3,7-8H2,1H3,(H2,21,22,23)/b17-13-/t15-,16-/m0/s1. The van der Waals surface area contributed by atoms with Gasteiger partial charge < -0.3 is 15.7 Å². The molecule has 3 rings (SSSR count). The van der Waals surface area contributed by atoms with Crippen molar-refractivity contribution >= 4 is 11.5 Å². The molecule has 2 heterocycles. The zero-order chi connectivity index (χ0) is 16.9. The molecule has 1 aliphatic carbocycles. The van der Waals surface area contributed by atoms with E-state index in [0.29, 0.717) is 22.9 Å². The van der Waals surface area contributed by atoms with E-state index in [9.17, 15) is 10.4 Å². The van der Waals surface area contributed by atoms with Crippen LogP contribution in [0.2, 0.25) is 0 Å². The predicted molar refractivity (Wildman–Crippen MR) is 92.5 cm³/mol. The van der Waals surface area contributed by atoms with E-state index in [4.69, 9.17) is 0 Å². The molecule has 0 aromatic carbocycles. The Morgan fingerprint density at radius 3 is 2.92 bits per heavy atom. The smallest absolute Gasteiger partial charge is 0.200 e. The van der Waals surface area contributed by atoms with Gasteiger partial charge in [0.1, 0.15) is 11.6 Å². The normalized spacial score (nSPS) is 27.5. The number of pyridine rings is 1. The number of aliphatic hydroxyl groups excluding tert-OH is 1. The monoisotopic (exact) mass is 323 g/mol. The van der Waals surface area contributed by atoms with E-state index in [2.05, 4.69) is 26.7 Å². The number of aliphatic hydroxyl groups is 1. The summed E-state index contributed by atoms with van der Waals surface area (Å²) < 4.78 is 0. The summed E-state index contributed by atoms with van der Waals surface area (Å²) in [5, 5.41) is 26.0. The van der Waals surface area contributed by atoms with Crippen LogP contribution in [0.25, 0.3) is 5.57 Å². The number of allylic oxidation sites excluding steroid dienone is 2. The van der Waals surface area contributed by atoms with Crippen LogP contribution in [-0.4, -0.2) is 28.2 Å². The molecule has 0 amide bonds. The molecule has 0 spiro atoms. The number of nitriles is 1. The first-order valence-electron chi connectivity index (χ1n) is 8.21. The first kappa shape index (κ1) is 16.2. The molecular weight excluding hydrogens is 302 g/mol. The Labute approximate surface area is 141 Å². The van der Waals surface area contributed by atoms with Crippen molar-refractivity contribution in [3.8, 4) is 6.07 Å². The fourth-order valence-corrected chi connectivity index (χ4v) is 2.99. The average Bonchev–Trinajstić information content (AvgIpc) is 2.61. The molecule has 2 aliphatic rings. The van der Waals surface area contributed by atoms with Crippen LogP contribution in [0.5, 0.6) is 0 Å². The van der Waals surface area contributed by atoms with E-state index in [1.807, 2.05) is 31.3 Å². The van der Waals surface area contributed by atoms with Crippen molar-refractivity contribution < 1.29 is 5.11 Å². The van der Waals surface area contributed by atoms with Gasteiger partial charge in [-0.15, -0.1) is 0 Å². The van der Waals surface area contributed by atoms with Crippen molar-refractivity contribution in [3.05, 3.63) is 47.6 Å². The Bertz CT molecular complexity index is 730. The second-order valence-corrected chi connectivity index (χ2v) is 6.07. The SMILES string of the molecule is CC1=CNC(=N[C@H]2CCCC[C@@H]2O)N/C1=C(/C#N)c1ccccn1. The van der Waals surface area contributed by atoms with Crippen molar-refractivity contribution in [3.63, 3.8) is 0 Å². The summed E-state index contributed by atoms with van der Waals surface area (Å²) in [6.45, 7) is 1.92. The van der Waals surface area contributed by atoms with E-state index in [1.165, 1.54) is 0 Å². The Kier molecular flexibility index (Phi) is 4.92. The predicted octanol–water partition coefficient (Wildman–Crippen LogP) is 2.07. The van der Waals surface area contributed by atoms with Crippen LogP contribution in [-0.2, 0) is 0 Å². The van der Waals surface area contributed by atoms with Crippen LogP contribution in [0.15, 0.2) is 46.9 Å². The zero-order valence-corrected chi connectivity index (χ0v) is 13.7. The van der Waals surface area contributed by atoms with E-state index >= 15 is 0 Å². The van der Waals surface area contributed by atoms with Crippen LogP contribution in [0.3, 0.4) is 0 Å². The fraction of sp³-hybridized carbons (Fsp3) is 0.389. The number of guanidine groups is 1. The fourth-order valence-electron chi connectivity index (χ4n) is 2.99. The Morgan fingerprint density at radius 1 is 1.38 bits per heavy atom.